The Morgan fingerprint density at radius 1 is 1.53 bits per heavy atom. The number of aryl methyl sites for hydroxylation is 2. The number of carbonyl (C=O) groups is 1. The first-order valence-electron chi connectivity index (χ1n) is 6.29. The zero-order chi connectivity index (χ0) is 13.8. The summed E-state index contributed by atoms with van der Waals surface area (Å²) < 4.78 is 1.61. The van der Waals surface area contributed by atoms with Gasteiger partial charge in [0.05, 0.1) is 0 Å². The molecule has 0 radical (unpaired) electrons. The van der Waals surface area contributed by atoms with Crippen LogP contribution >= 0.6 is 11.3 Å². The smallest absolute Gasteiger partial charge is 0.227 e. The highest BCUT2D eigenvalue weighted by Gasteiger charge is 2.12. The van der Waals surface area contributed by atoms with Gasteiger partial charge in [-0.05, 0) is 17.9 Å². The van der Waals surface area contributed by atoms with Crippen LogP contribution in [0.1, 0.15) is 36.9 Å². The lowest BCUT2D eigenvalue weighted by molar-refractivity contribution is -0.116. The number of hydrogen-bond donors (Lipinski definition) is 1. The highest BCUT2D eigenvalue weighted by molar-refractivity contribution is 7.09. The number of hydrogen-bond acceptors (Lipinski definition) is 4. The van der Waals surface area contributed by atoms with Gasteiger partial charge in [0.15, 0.2) is 5.82 Å². The molecular weight excluding hydrogens is 260 g/mol. The van der Waals surface area contributed by atoms with Gasteiger partial charge in [-0.3, -0.25) is 10.1 Å². The van der Waals surface area contributed by atoms with Crippen molar-refractivity contribution in [3.05, 3.63) is 28.2 Å². The van der Waals surface area contributed by atoms with Crippen molar-refractivity contribution in [2.24, 2.45) is 7.05 Å². The second-order valence-electron chi connectivity index (χ2n) is 4.70. The molecule has 0 unspecified atom stereocenters. The van der Waals surface area contributed by atoms with Crippen molar-refractivity contribution in [2.45, 2.75) is 32.6 Å². The molecule has 2 rings (SSSR count). The van der Waals surface area contributed by atoms with Crippen LogP contribution in [0.3, 0.4) is 0 Å². The molecule has 1 amide bonds. The van der Waals surface area contributed by atoms with Crippen molar-refractivity contribution < 1.29 is 4.79 Å². The largest absolute Gasteiger partial charge is 0.295 e. The van der Waals surface area contributed by atoms with Gasteiger partial charge in [-0.1, -0.05) is 19.9 Å². The third-order valence-corrected chi connectivity index (χ3v) is 3.66. The summed E-state index contributed by atoms with van der Waals surface area (Å²) in [6.07, 6.45) is 1.22. The normalized spacial score (nSPS) is 10.9. The molecule has 0 fully saturated rings. The third kappa shape index (κ3) is 3.64. The average Bonchev–Trinajstić information content (AvgIpc) is 2.97. The average molecular weight is 278 g/mol. The maximum absolute atomic E-state index is 11.9. The number of carbonyl (C=O) groups excluding carboxylic acids is 1. The van der Waals surface area contributed by atoms with E-state index >= 15 is 0 Å². The fourth-order valence-electron chi connectivity index (χ4n) is 1.64. The first-order valence-corrected chi connectivity index (χ1v) is 7.17. The second kappa shape index (κ2) is 5.97. The highest BCUT2D eigenvalue weighted by atomic mass is 32.1. The summed E-state index contributed by atoms with van der Waals surface area (Å²) in [7, 11) is 1.79. The van der Waals surface area contributed by atoms with Crippen LogP contribution in [0.4, 0.5) is 5.95 Å². The maximum Gasteiger partial charge on any atom is 0.227 e. The Balaban J connectivity index is 1.91. The predicted molar refractivity (Wildman–Crippen MR) is 76.4 cm³/mol. The molecule has 6 heteroatoms. The highest BCUT2D eigenvalue weighted by Crippen LogP contribution is 2.14. The minimum absolute atomic E-state index is 0.0285. The molecule has 19 heavy (non-hydrogen) atoms. The lowest BCUT2D eigenvalue weighted by Crippen LogP contribution is -2.15. The van der Waals surface area contributed by atoms with Crippen molar-refractivity contribution in [2.75, 3.05) is 5.32 Å². The molecule has 0 bridgehead atoms. The Morgan fingerprint density at radius 2 is 2.32 bits per heavy atom. The van der Waals surface area contributed by atoms with E-state index in [-0.39, 0.29) is 11.8 Å². The number of aromatic nitrogens is 3. The minimum atomic E-state index is -0.0285. The molecule has 0 aromatic carbocycles. The maximum atomic E-state index is 11.9. The van der Waals surface area contributed by atoms with Crippen molar-refractivity contribution in [1.29, 1.82) is 0 Å². The summed E-state index contributed by atoms with van der Waals surface area (Å²) >= 11 is 1.67. The van der Waals surface area contributed by atoms with Gasteiger partial charge in [-0.25, -0.2) is 4.68 Å². The molecule has 0 saturated carbocycles. The van der Waals surface area contributed by atoms with Crippen LogP contribution in [-0.2, 0) is 18.3 Å². The second-order valence-corrected chi connectivity index (χ2v) is 5.73. The van der Waals surface area contributed by atoms with Gasteiger partial charge in [-0.15, -0.1) is 11.3 Å². The van der Waals surface area contributed by atoms with Gasteiger partial charge in [0.25, 0.3) is 0 Å². The quantitative estimate of drug-likeness (QED) is 0.914. The molecule has 0 saturated heterocycles. The molecule has 2 aromatic heterocycles. The van der Waals surface area contributed by atoms with Gasteiger partial charge in [0.2, 0.25) is 11.9 Å². The summed E-state index contributed by atoms with van der Waals surface area (Å²) in [5.41, 5.74) is 0. The van der Waals surface area contributed by atoms with E-state index in [9.17, 15) is 4.79 Å². The molecule has 0 aliphatic carbocycles. The Labute approximate surface area is 116 Å². The summed E-state index contributed by atoms with van der Waals surface area (Å²) in [6, 6.07) is 4.03. The van der Waals surface area contributed by atoms with E-state index in [2.05, 4.69) is 15.4 Å². The van der Waals surface area contributed by atoms with Crippen LogP contribution in [0.5, 0.6) is 0 Å². The summed E-state index contributed by atoms with van der Waals surface area (Å²) in [5, 5.41) is 9.09. The minimum Gasteiger partial charge on any atom is -0.295 e. The molecule has 5 nitrogen and oxygen atoms in total. The van der Waals surface area contributed by atoms with Crippen molar-refractivity contribution >= 4 is 23.2 Å². The molecule has 1 N–H and O–H groups in total. The molecule has 0 aliphatic heterocycles. The van der Waals surface area contributed by atoms with Crippen LogP contribution in [0.25, 0.3) is 0 Å². The molecule has 2 heterocycles. The predicted octanol–water partition coefficient (Wildman–Crippen LogP) is 2.57. The SMILES string of the molecule is CC(C)c1nc(NC(=O)CCc2cccs2)n(C)n1. The third-order valence-electron chi connectivity index (χ3n) is 2.73. The fourth-order valence-corrected chi connectivity index (χ4v) is 2.35. The summed E-state index contributed by atoms with van der Waals surface area (Å²) in [5.74, 6) is 1.48. The Kier molecular flexibility index (Phi) is 4.31. The molecule has 102 valence electrons. The van der Waals surface area contributed by atoms with Crippen molar-refractivity contribution in [3.8, 4) is 0 Å². The molecule has 0 atom stereocenters. The lowest BCUT2D eigenvalue weighted by atomic mass is 10.2. The van der Waals surface area contributed by atoms with Gasteiger partial charge >= 0.3 is 0 Å². The number of nitrogens with zero attached hydrogens (tertiary/aromatic N) is 3. The summed E-state index contributed by atoms with van der Waals surface area (Å²) in [6.45, 7) is 4.05. The topological polar surface area (TPSA) is 59.8 Å². The zero-order valence-electron chi connectivity index (χ0n) is 11.4. The van der Waals surface area contributed by atoms with Crippen LogP contribution < -0.4 is 5.32 Å². The number of rotatable bonds is 5. The fraction of sp³-hybridized carbons (Fsp3) is 0.462. The van der Waals surface area contributed by atoms with Crippen LogP contribution in [-0.4, -0.2) is 20.7 Å². The van der Waals surface area contributed by atoms with Gasteiger partial charge < -0.3 is 0 Å². The first kappa shape index (κ1) is 13.7. The van der Waals surface area contributed by atoms with Crippen molar-refractivity contribution in [1.82, 2.24) is 14.8 Å². The van der Waals surface area contributed by atoms with E-state index in [1.807, 2.05) is 31.4 Å². The molecule has 0 spiro atoms. The van der Waals surface area contributed by atoms with Gasteiger partial charge in [0.1, 0.15) is 0 Å². The van der Waals surface area contributed by atoms with Crippen LogP contribution in [0.15, 0.2) is 17.5 Å². The Morgan fingerprint density at radius 3 is 2.89 bits per heavy atom. The monoisotopic (exact) mass is 278 g/mol. The molecule has 0 aliphatic rings. The number of thiophene rings is 1. The van der Waals surface area contributed by atoms with E-state index in [1.165, 1.54) is 4.88 Å². The number of nitrogens with one attached hydrogen (secondary N) is 1. The Hall–Kier alpha value is -1.69. The van der Waals surface area contributed by atoms with E-state index in [1.54, 1.807) is 23.1 Å². The molecular formula is C13H18N4OS. The van der Waals surface area contributed by atoms with Crippen molar-refractivity contribution in [3.63, 3.8) is 0 Å². The van der Waals surface area contributed by atoms with E-state index in [0.29, 0.717) is 12.4 Å². The van der Waals surface area contributed by atoms with Gasteiger partial charge in [-0.2, -0.15) is 10.1 Å². The van der Waals surface area contributed by atoms with E-state index in [0.717, 1.165) is 12.2 Å². The van der Waals surface area contributed by atoms with Crippen LogP contribution in [0, 0.1) is 0 Å². The molecule has 2 aromatic rings. The first-order chi connectivity index (χ1) is 9.06. The van der Waals surface area contributed by atoms with E-state index < -0.39 is 0 Å². The zero-order valence-corrected chi connectivity index (χ0v) is 12.2. The number of anilines is 1. The van der Waals surface area contributed by atoms with Crippen LogP contribution in [0.2, 0.25) is 0 Å². The lowest BCUT2D eigenvalue weighted by Gasteiger charge is -2.02. The number of amides is 1. The van der Waals surface area contributed by atoms with E-state index in [4.69, 9.17) is 0 Å². The summed E-state index contributed by atoms with van der Waals surface area (Å²) in [4.78, 5) is 17.4. The Bertz CT molecular complexity index is 545. The van der Waals surface area contributed by atoms with Gasteiger partial charge in [0, 0.05) is 24.3 Å². The standard InChI is InChI=1S/C13H18N4OS/c1-9(2)12-15-13(17(3)16-12)14-11(18)7-6-10-5-4-8-19-10/h4-5,8-9H,6-7H2,1-3H3,(H,14,15,16,18).